The molecule has 0 aliphatic carbocycles. The molecule has 0 aliphatic rings. The molecule has 34 heavy (non-hydrogen) atoms. The fourth-order valence-corrected chi connectivity index (χ4v) is 3.65. The summed E-state index contributed by atoms with van der Waals surface area (Å²) < 4.78 is 1.50. The predicted molar refractivity (Wildman–Crippen MR) is 131 cm³/mol. The van der Waals surface area contributed by atoms with E-state index in [-0.39, 0.29) is 18.6 Å². The lowest BCUT2D eigenvalue weighted by Crippen LogP contribution is -2.46. The third-order valence-corrected chi connectivity index (χ3v) is 5.46. The van der Waals surface area contributed by atoms with Gasteiger partial charge in [0.05, 0.1) is 24.0 Å². The lowest BCUT2D eigenvalue weighted by molar-refractivity contribution is -0.120. The Morgan fingerprint density at radius 1 is 0.941 bits per heavy atom. The number of para-hydroxylation sites is 2. The zero-order valence-electron chi connectivity index (χ0n) is 19.0. The van der Waals surface area contributed by atoms with Crippen molar-refractivity contribution in [2.45, 2.75) is 13.5 Å². The van der Waals surface area contributed by atoms with Gasteiger partial charge in [-0.2, -0.15) is 0 Å². The lowest BCUT2D eigenvalue weighted by Gasteiger charge is -2.25. The van der Waals surface area contributed by atoms with E-state index in [0.29, 0.717) is 22.3 Å². The van der Waals surface area contributed by atoms with E-state index in [4.69, 9.17) is 0 Å². The Bertz CT molecular complexity index is 1400. The topological polar surface area (TPSA) is 96.3 Å². The van der Waals surface area contributed by atoms with Gasteiger partial charge in [-0.05, 0) is 43.3 Å². The van der Waals surface area contributed by atoms with Crippen molar-refractivity contribution in [3.05, 3.63) is 106 Å². The normalized spacial score (nSPS) is 10.6. The summed E-state index contributed by atoms with van der Waals surface area (Å²) in [4.78, 5) is 44.3. The van der Waals surface area contributed by atoms with Crippen molar-refractivity contribution in [2.75, 3.05) is 11.4 Å². The minimum absolute atomic E-state index is 0.0548. The zero-order chi connectivity index (χ0) is 24.1. The van der Waals surface area contributed by atoms with E-state index in [2.05, 4.69) is 15.8 Å². The van der Waals surface area contributed by atoms with Crippen molar-refractivity contribution >= 4 is 28.4 Å². The molecule has 1 heterocycles. The van der Waals surface area contributed by atoms with Crippen LogP contribution in [0.3, 0.4) is 0 Å². The zero-order valence-corrected chi connectivity index (χ0v) is 19.0. The molecule has 0 saturated carbocycles. The molecule has 0 radical (unpaired) electrons. The molecule has 0 spiro atoms. The van der Waals surface area contributed by atoms with Crippen molar-refractivity contribution in [3.63, 3.8) is 0 Å². The number of aryl methyl sites for hydroxylation is 1. The summed E-state index contributed by atoms with van der Waals surface area (Å²) in [5.41, 5.74) is 7.56. The van der Waals surface area contributed by atoms with Gasteiger partial charge in [0.15, 0.2) is 0 Å². The fraction of sp³-hybridized carbons (Fsp3) is 0.154. The van der Waals surface area contributed by atoms with E-state index in [0.717, 1.165) is 11.3 Å². The van der Waals surface area contributed by atoms with E-state index in [9.17, 15) is 14.4 Å². The van der Waals surface area contributed by atoms with E-state index in [1.54, 1.807) is 48.3 Å². The molecule has 0 saturated heterocycles. The van der Waals surface area contributed by atoms with Gasteiger partial charge < -0.3 is 4.90 Å². The average molecular weight is 456 g/mol. The van der Waals surface area contributed by atoms with Crippen LogP contribution in [0.1, 0.15) is 21.7 Å². The highest BCUT2D eigenvalue weighted by Crippen LogP contribution is 2.16. The monoisotopic (exact) mass is 455 g/mol. The number of benzene rings is 3. The van der Waals surface area contributed by atoms with Crippen molar-refractivity contribution < 1.29 is 9.59 Å². The molecule has 8 nitrogen and oxygen atoms in total. The second-order valence-electron chi connectivity index (χ2n) is 7.97. The number of aromatic nitrogens is 2. The Labute approximate surface area is 196 Å². The first-order valence-electron chi connectivity index (χ1n) is 10.8. The van der Waals surface area contributed by atoms with Crippen LogP contribution in [0.4, 0.5) is 5.69 Å². The van der Waals surface area contributed by atoms with Crippen LogP contribution >= 0.6 is 0 Å². The first kappa shape index (κ1) is 22.7. The number of nitrogens with zero attached hydrogens (tertiary/aromatic N) is 3. The van der Waals surface area contributed by atoms with Gasteiger partial charge in [-0.3, -0.25) is 29.8 Å². The third kappa shape index (κ3) is 5.12. The Hall–Kier alpha value is -4.46. The van der Waals surface area contributed by atoms with Crippen LogP contribution < -0.4 is 21.3 Å². The lowest BCUT2D eigenvalue weighted by atomic mass is 10.1. The molecule has 4 aromatic rings. The molecule has 0 aliphatic heterocycles. The number of hydrogen-bond donors (Lipinski definition) is 2. The molecule has 0 atom stereocenters. The molecule has 4 rings (SSSR count). The van der Waals surface area contributed by atoms with Gasteiger partial charge in [0.25, 0.3) is 17.4 Å². The van der Waals surface area contributed by atoms with Crippen LogP contribution in [0.25, 0.3) is 10.9 Å². The van der Waals surface area contributed by atoms with Crippen LogP contribution in [0.2, 0.25) is 0 Å². The van der Waals surface area contributed by atoms with Gasteiger partial charge in [-0.15, -0.1) is 0 Å². The van der Waals surface area contributed by atoms with E-state index >= 15 is 0 Å². The van der Waals surface area contributed by atoms with Gasteiger partial charge in [-0.25, -0.2) is 4.98 Å². The van der Waals surface area contributed by atoms with Gasteiger partial charge in [-0.1, -0.05) is 48.0 Å². The van der Waals surface area contributed by atoms with E-state index in [1.807, 2.05) is 49.4 Å². The maximum absolute atomic E-state index is 12.8. The van der Waals surface area contributed by atoms with Gasteiger partial charge in [0.1, 0.15) is 5.82 Å². The number of hydrazine groups is 1. The summed E-state index contributed by atoms with van der Waals surface area (Å²) >= 11 is 0. The summed E-state index contributed by atoms with van der Waals surface area (Å²) in [6.07, 6.45) is 0. The number of nitrogens with one attached hydrogen (secondary N) is 2. The Balaban J connectivity index is 1.53. The summed E-state index contributed by atoms with van der Waals surface area (Å²) in [5, 5.41) is 0.539. The molecule has 0 fully saturated rings. The van der Waals surface area contributed by atoms with Gasteiger partial charge >= 0.3 is 0 Å². The first-order valence-corrected chi connectivity index (χ1v) is 10.8. The average Bonchev–Trinajstić information content (AvgIpc) is 2.85. The molecular weight excluding hydrogens is 430 g/mol. The Morgan fingerprint density at radius 3 is 2.44 bits per heavy atom. The van der Waals surface area contributed by atoms with Crippen LogP contribution in [0, 0.1) is 6.92 Å². The van der Waals surface area contributed by atoms with Crippen molar-refractivity contribution in [2.24, 2.45) is 7.05 Å². The smallest absolute Gasteiger partial charge is 0.269 e. The largest absolute Gasteiger partial charge is 0.355 e. The SMILES string of the molecule is Cc1cccc(C(=O)NNC(=O)CN(Cc2nc3ccccc3c(=O)n2C)c2ccccc2)c1. The Kier molecular flexibility index (Phi) is 6.68. The number of rotatable bonds is 6. The van der Waals surface area contributed by atoms with E-state index < -0.39 is 11.8 Å². The van der Waals surface area contributed by atoms with Crippen LogP contribution in [0.5, 0.6) is 0 Å². The van der Waals surface area contributed by atoms with Gasteiger partial charge in [0, 0.05) is 18.3 Å². The summed E-state index contributed by atoms with van der Waals surface area (Å²) in [6.45, 7) is 2.06. The molecule has 8 heteroatoms. The van der Waals surface area contributed by atoms with Crippen LogP contribution in [-0.2, 0) is 18.4 Å². The highest BCUT2D eigenvalue weighted by atomic mass is 16.2. The second kappa shape index (κ2) is 9.99. The minimum atomic E-state index is -0.407. The quantitative estimate of drug-likeness (QED) is 0.436. The van der Waals surface area contributed by atoms with Crippen molar-refractivity contribution in [1.29, 1.82) is 0 Å². The molecular formula is C26H25N5O3. The number of carbonyl (C=O) groups is 2. The van der Waals surface area contributed by atoms with Crippen molar-refractivity contribution in [1.82, 2.24) is 20.4 Å². The number of amides is 2. The van der Waals surface area contributed by atoms with Crippen LogP contribution in [0.15, 0.2) is 83.7 Å². The first-order chi connectivity index (χ1) is 16.4. The number of fused-ring (bicyclic) bond motifs is 1. The molecule has 172 valence electrons. The molecule has 0 bridgehead atoms. The standard InChI is InChI=1S/C26H25N5O3/c1-18-9-8-10-19(15-18)25(33)29-28-24(32)17-31(20-11-4-3-5-12-20)16-23-27-22-14-7-6-13-21(22)26(34)30(23)2/h3-15H,16-17H2,1-2H3,(H,28,32)(H,29,33). The summed E-state index contributed by atoms with van der Waals surface area (Å²) in [6, 6.07) is 23.6. The fourth-order valence-electron chi connectivity index (χ4n) is 3.65. The molecule has 1 aromatic heterocycles. The maximum atomic E-state index is 12.8. The minimum Gasteiger partial charge on any atom is -0.355 e. The van der Waals surface area contributed by atoms with E-state index in [1.165, 1.54) is 4.57 Å². The molecule has 2 amide bonds. The predicted octanol–water partition coefficient (Wildman–Crippen LogP) is 2.71. The van der Waals surface area contributed by atoms with Crippen molar-refractivity contribution in [3.8, 4) is 0 Å². The molecule has 3 aromatic carbocycles. The summed E-state index contributed by atoms with van der Waals surface area (Å²) in [5.74, 6) is -0.290. The maximum Gasteiger partial charge on any atom is 0.269 e. The second-order valence-corrected chi connectivity index (χ2v) is 7.97. The third-order valence-electron chi connectivity index (χ3n) is 5.46. The number of hydrogen-bond acceptors (Lipinski definition) is 5. The highest BCUT2D eigenvalue weighted by molar-refractivity contribution is 5.95. The molecule has 2 N–H and O–H groups in total. The summed E-state index contributed by atoms with van der Waals surface area (Å²) in [7, 11) is 1.67. The molecule has 0 unspecified atom stereocenters. The highest BCUT2D eigenvalue weighted by Gasteiger charge is 2.17. The Morgan fingerprint density at radius 2 is 1.68 bits per heavy atom. The van der Waals surface area contributed by atoms with Gasteiger partial charge in [0.2, 0.25) is 0 Å². The number of anilines is 1. The number of carbonyl (C=O) groups excluding carboxylic acids is 2. The van der Waals surface area contributed by atoms with Crippen LogP contribution in [-0.4, -0.2) is 27.9 Å².